The van der Waals surface area contributed by atoms with Gasteiger partial charge < -0.3 is 9.84 Å². The first-order chi connectivity index (χ1) is 15.4. The molecule has 0 fully saturated rings. The van der Waals surface area contributed by atoms with E-state index in [1.54, 1.807) is 18.2 Å². The van der Waals surface area contributed by atoms with E-state index in [0.717, 1.165) is 18.4 Å². The number of unbranched alkanes of at least 4 members (excludes halogenated alkanes) is 11. The van der Waals surface area contributed by atoms with Crippen molar-refractivity contribution in [3.63, 3.8) is 0 Å². The van der Waals surface area contributed by atoms with Gasteiger partial charge in [0.2, 0.25) is 0 Å². The Bertz CT molecular complexity index is 915. The summed E-state index contributed by atoms with van der Waals surface area (Å²) in [7, 11) is -4.40. The van der Waals surface area contributed by atoms with E-state index in [1.807, 2.05) is 0 Å². The predicted octanol–water partition coefficient (Wildman–Crippen LogP) is 4.05. The van der Waals surface area contributed by atoms with Crippen molar-refractivity contribution >= 4 is 10.1 Å². The van der Waals surface area contributed by atoms with E-state index in [2.05, 4.69) is 6.92 Å². The van der Waals surface area contributed by atoms with Crippen LogP contribution >= 0.6 is 0 Å². The molecular formula is C26H37NaO5S. The van der Waals surface area contributed by atoms with Crippen LogP contribution in [0.5, 0.6) is 17.2 Å². The van der Waals surface area contributed by atoms with E-state index in [1.165, 1.54) is 88.5 Å². The molecular weight excluding hydrogens is 447 g/mol. The molecule has 178 valence electrons. The third kappa shape index (κ3) is 11.8. The number of benzene rings is 2. The minimum atomic E-state index is -4.40. The van der Waals surface area contributed by atoms with Crippen LogP contribution in [0.15, 0.2) is 47.4 Å². The molecule has 0 saturated heterocycles. The summed E-state index contributed by atoms with van der Waals surface area (Å²) in [5, 5.41) is 11.8. The maximum Gasteiger partial charge on any atom is 1.00 e. The van der Waals surface area contributed by atoms with Crippen LogP contribution in [0.1, 0.15) is 89.5 Å². The fourth-order valence-corrected chi connectivity index (χ4v) is 4.49. The summed E-state index contributed by atoms with van der Waals surface area (Å²) in [6.07, 6.45) is 15.8. The van der Waals surface area contributed by atoms with Gasteiger partial charge in [0.15, 0.2) is 0 Å². The second-order valence-electron chi connectivity index (χ2n) is 8.43. The van der Waals surface area contributed by atoms with Gasteiger partial charge in [0.05, 0.1) is 0 Å². The first-order valence-corrected chi connectivity index (χ1v) is 13.4. The maximum absolute atomic E-state index is 11.8. The summed E-state index contributed by atoms with van der Waals surface area (Å²) in [5.74, 6) is 0.391. The molecule has 0 saturated carbocycles. The third-order valence-electron chi connectivity index (χ3n) is 5.68. The molecule has 0 radical (unpaired) electrons. The van der Waals surface area contributed by atoms with Gasteiger partial charge in [-0.1, -0.05) is 102 Å². The van der Waals surface area contributed by atoms with E-state index in [-0.39, 0.29) is 46.0 Å². The Morgan fingerprint density at radius 1 is 0.788 bits per heavy atom. The van der Waals surface area contributed by atoms with Crippen molar-refractivity contribution in [2.24, 2.45) is 0 Å². The Labute approximate surface area is 222 Å². The average molecular weight is 485 g/mol. The molecule has 0 aliphatic rings. The van der Waals surface area contributed by atoms with Gasteiger partial charge >= 0.3 is 29.6 Å². The Kier molecular flexibility index (Phi) is 15.0. The molecule has 1 N–H and O–H groups in total. The fourth-order valence-electron chi connectivity index (χ4n) is 3.87. The topological polar surface area (TPSA) is 86.7 Å². The first-order valence-electron chi connectivity index (χ1n) is 12.0. The number of para-hydroxylation sites is 1. The van der Waals surface area contributed by atoms with Crippen LogP contribution in [0, 0.1) is 0 Å². The molecule has 0 atom stereocenters. The van der Waals surface area contributed by atoms with E-state index in [4.69, 9.17) is 4.74 Å². The van der Waals surface area contributed by atoms with Gasteiger partial charge in [-0.25, -0.2) is 0 Å². The van der Waals surface area contributed by atoms with Crippen molar-refractivity contribution in [1.82, 2.24) is 0 Å². The second kappa shape index (κ2) is 16.6. The molecule has 7 heteroatoms. The SMILES string of the molecule is CCCCCCCCCCCCCCc1cc([O-])ccc1Oc1ccccc1S(=O)(=O)O.[Na+]. The maximum atomic E-state index is 11.8. The van der Waals surface area contributed by atoms with Crippen LogP contribution in [-0.2, 0) is 16.5 Å². The van der Waals surface area contributed by atoms with Crippen LogP contribution in [0.2, 0.25) is 0 Å². The van der Waals surface area contributed by atoms with Gasteiger partial charge in [-0.15, -0.1) is 5.75 Å². The number of aryl methyl sites for hydroxylation is 1. The Hall–Kier alpha value is -1.05. The van der Waals surface area contributed by atoms with Crippen LogP contribution in [0.4, 0.5) is 0 Å². The molecule has 0 aliphatic heterocycles. The standard InChI is InChI=1S/C26H38O5S.Na/c1-2-3-4-5-6-7-8-9-10-11-12-13-16-22-21-23(27)19-20-24(22)31-25-17-14-15-18-26(25)32(28,29)30;/h14-15,17-21,27H,2-13,16H2,1H3,(H,28,29,30);/q;+1/p-1. The summed E-state index contributed by atoms with van der Waals surface area (Å²) in [4.78, 5) is -0.289. The summed E-state index contributed by atoms with van der Waals surface area (Å²) in [5.41, 5.74) is 0.759. The summed E-state index contributed by atoms with van der Waals surface area (Å²) >= 11 is 0. The van der Waals surface area contributed by atoms with Gasteiger partial charge in [-0.3, -0.25) is 4.55 Å². The van der Waals surface area contributed by atoms with Crippen LogP contribution < -0.4 is 39.4 Å². The average Bonchev–Trinajstić information content (AvgIpc) is 2.76. The van der Waals surface area contributed by atoms with Gasteiger partial charge in [0.25, 0.3) is 10.1 Å². The van der Waals surface area contributed by atoms with Crippen molar-refractivity contribution in [3.05, 3.63) is 48.0 Å². The monoisotopic (exact) mass is 484 g/mol. The predicted molar refractivity (Wildman–Crippen MR) is 127 cm³/mol. The Morgan fingerprint density at radius 3 is 1.91 bits per heavy atom. The van der Waals surface area contributed by atoms with Crippen molar-refractivity contribution in [2.75, 3.05) is 0 Å². The molecule has 0 unspecified atom stereocenters. The smallest absolute Gasteiger partial charge is 0.872 e. The van der Waals surface area contributed by atoms with Gasteiger partial charge in [0, 0.05) is 0 Å². The molecule has 5 nitrogen and oxygen atoms in total. The normalized spacial score (nSPS) is 11.2. The largest absolute Gasteiger partial charge is 1.00 e. The van der Waals surface area contributed by atoms with Gasteiger partial charge in [-0.05, 0) is 36.6 Å². The van der Waals surface area contributed by atoms with Gasteiger partial charge in [0.1, 0.15) is 16.4 Å². The Morgan fingerprint density at radius 2 is 1.33 bits per heavy atom. The third-order valence-corrected chi connectivity index (χ3v) is 6.57. The number of hydrogen-bond acceptors (Lipinski definition) is 4. The minimum Gasteiger partial charge on any atom is -0.872 e. The number of ether oxygens (including phenoxy) is 1. The summed E-state index contributed by atoms with van der Waals surface area (Å²) in [6.45, 7) is 2.24. The zero-order valence-electron chi connectivity index (χ0n) is 20.2. The van der Waals surface area contributed by atoms with Crippen LogP contribution in [-0.4, -0.2) is 13.0 Å². The van der Waals surface area contributed by atoms with E-state index in [0.29, 0.717) is 12.2 Å². The number of rotatable bonds is 16. The molecule has 0 spiro atoms. The molecule has 2 rings (SSSR count). The molecule has 0 heterocycles. The van der Waals surface area contributed by atoms with Gasteiger partial charge in [-0.2, -0.15) is 8.42 Å². The second-order valence-corrected chi connectivity index (χ2v) is 9.82. The van der Waals surface area contributed by atoms with Crippen molar-refractivity contribution in [1.29, 1.82) is 0 Å². The molecule has 33 heavy (non-hydrogen) atoms. The summed E-state index contributed by atoms with van der Waals surface area (Å²) < 4.78 is 38.4. The first kappa shape index (κ1) is 30.0. The van der Waals surface area contributed by atoms with E-state index < -0.39 is 10.1 Å². The minimum absolute atomic E-state index is 0. The van der Waals surface area contributed by atoms with Crippen LogP contribution in [0.3, 0.4) is 0 Å². The molecule has 0 aliphatic carbocycles. The van der Waals surface area contributed by atoms with E-state index in [9.17, 15) is 18.1 Å². The number of hydrogen-bond donors (Lipinski definition) is 1. The van der Waals surface area contributed by atoms with Crippen LogP contribution in [0.25, 0.3) is 0 Å². The molecule has 0 bridgehead atoms. The fraction of sp³-hybridized carbons (Fsp3) is 0.538. The molecule has 2 aromatic carbocycles. The molecule has 2 aromatic rings. The molecule has 0 aromatic heterocycles. The zero-order valence-corrected chi connectivity index (χ0v) is 23.0. The van der Waals surface area contributed by atoms with Crippen molar-refractivity contribution in [2.45, 2.75) is 95.3 Å². The van der Waals surface area contributed by atoms with Crippen molar-refractivity contribution in [3.8, 4) is 17.2 Å². The zero-order chi connectivity index (χ0) is 23.2. The van der Waals surface area contributed by atoms with E-state index >= 15 is 0 Å². The summed E-state index contributed by atoms with van der Waals surface area (Å²) in [6, 6.07) is 10.4. The quantitative estimate of drug-likeness (QED) is 0.221. The Balaban J connectivity index is 0.00000544. The molecule has 0 amide bonds. The van der Waals surface area contributed by atoms with Crippen molar-refractivity contribution < 1.29 is 52.4 Å².